The maximum atomic E-state index is 12.4. The number of hydrogen-bond acceptors (Lipinski definition) is 4. The fourth-order valence-corrected chi connectivity index (χ4v) is 3.63. The van der Waals surface area contributed by atoms with Gasteiger partial charge in [-0.1, -0.05) is 22.0 Å². The second-order valence-corrected chi connectivity index (χ2v) is 7.08. The summed E-state index contributed by atoms with van der Waals surface area (Å²) in [7, 11) is -2.24. The van der Waals surface area contributed by atoms with E-state index in [9.17, 15) is 8.42 Å². The quantitative estimate of drug-likeness (QED) is 0.809. The summed E-state index contributed by atoms with van der Waals surface area (Å²) in [6, 6.07) is 9.62. The Labute approximate surface area is 132 Å². The highest BCUT2D eigenvalue weighted by molar-refractivity contribution is 9.10. The first-order valence-electron chi connectivity index (χ1n) is 6.06. The fourth-order valence-electron chi connectivity index (χ4n) is 1.88. The Balaban J connectivity index is 2.46. The molecule has 2 rings (SSSR count). The molecule has 0 fully saturated rings. The van der Waals surface area contributed by atoms with Crippen LogP contribution in [0, 0.1) is 6.92 Å². The number of nitrogens with one attached hydrogen (secondary N) is 1. The summed E-state index contributed by atoms with van der Waals surface area (Å²) in [6.07, 6.45) is 0. The van der Waals surface area contributed by atoms with Crippen molar-refractivity contribution in [3.05, 3.63) is 46.4 Å². The van der Waals surface area contributed by atoms with E-state index in [1.54, 1.807) is 31.2 Å². The lowest BCUT2D eigenvalue weighted by atomic mass is 10.2. The van der Waals surface area contributed by atoms with Crippen LogP contribution in [0.25, 0.3) is 0 Å². The van der Waals surface area contributed by atoms with Crippen molar-refractivity contribution >= 4 is 37.3 Å². The third kappa shape index (κ3) is 3.48. The summed E-state index contributed by atoms with van der Waals surface area (Å²) in [5.74, 6) is 0.439. The number of nitrogen functional groups attached to an aromatic ring is 1. The number of nitrogens with two attached hydrogens (primary N) is 1. The van der Waals surface area contributed by atoms with E-state index in [2.05, 4.69) is 20.7 Å². The Morgan fingerprint density at radius 3 is 2.57 bits per heavy atom. The van der Waals surface area contributed by atoms with Crippen LogP contribution in [0.4, 0.5) is 11.4 Å². The molecule has 0 aliphatic rings. The summed E-state index contributed by atoms with van der Waals surface area (Å²) >= 11 is 3.35. The van der Waals surface area contributed by atoms with Crippen molar-refractivity contribution in [3.8, 4) is 5.75 Å². The number of anilines is 2. The van der Waals surface area contributed by atoms with Crippen molar-refractivity contribution in [2.45, 2.75) is 11.8 Å². The average molecular weight is 371 g/mol. The highest BCUT2D eigenvalue weighted by Crippen LogP contribution is 2.33. The number of halogens is 1. The average Bonchev–Trinajstić information content (AvgIpc) is 2.41. The van der Waals surface area contributed by atoms with Crippen LogP contribution in [-0.2, 0) is 10.0 Å². The third-order valence-corrected chi connectivity index (χ3v) is 4.69. The minimum atomic E-state index is -3.73. The molecule has 7 heteroatoms. The number of methoxy groups -OCH3 is 1. The lowest BCUT2D eigenvalue weighted by Gasteiger charge is -2.15. The van der Waals surface area contributed by atoms with Crippen LogP contribution in [-0.4, -0.2) is 15.5 Å². The van der Waals surface area contributed by atoms with Gasteiger partial charge in [-0.2, -0.15) is 0 Å². The zero-order valence-electron chi connectivity index (χ0n) is 11.6. The van der Waals surface area contributed by atoms with E-state index in [4.69, 9.17) is 10.5 Å². The molecule has 0 aliphatic heterocycles. The van der Waals surface area contributed by atoms with E-state index < -0.39 is 10.0 Å². The van der Waals surface area contributed by atoms with Crippen LogP contribution in [0.2, 0.25) is 0 Å². The molecule has 2 aromatic rings. The summed E-state index contributed by atoms with van der Waals surface area (Å²) in [5.41, 5.74) is 7.17. The lowest BCUT2D eigenvalue weighted by molar-refractivity contribution is 0.416. The second kappa shape index (κ2) is 5.95. The Bertz CT molecular complexity index is 776. The molecule has 0 spiro atoms. The van der Waals surface area contributed by atoms with E-state index in [0.717, 1.165) is 10.0 Å². The molecule has 0 saturated heterocycles. The van der Waals surface area contributed by atoms with Crippen molar-refractivity contribution < 1.29 is 13.2 Å². The monoisotopic (exact) mass is 370 g/mol. The van der Waals surface area contributed by atoms with Gasteiger partial charge in [0.2, 0.25) is 0 Å². The number of hydrogen-bond donors (Lipinski definition) is 2. The maximum Gasteiger partial charge on any atom is 0.262 e. The van der Waals surface area contributed by atoms with E-state index in [1.807, 2.05) is 0 Å². The van der Waals surface area contributed by atoms with Crippen molar-refractivity contribution in [3.63, 3.8) is 0 Å². The minimum absolute atomic E-state index is 0.104. The number of sulfonamides is 1. The van der Waals surface area contributed by atoms with Crippen LogP contribution in [0.1, 0.15) is 5.56 Å². The molecule has 0 atom stereocenters. The van der Waals surface area contributed by atoms with Gasteiger partial charge in [-0.15, -0.1) is 0 Å². The summed E-state index contributed by atoms with van der Waals surface area (Å²) < 4.78 is 33.4. The molecule has 112 valence electrons. The first kappa shape index (κ1) is 15.7. The predicted molar refractivity (Wildman–Crippen MR) is 87.1 cm³/mol. The van der Waals surface area contributed by atoms with E-state index in [-0.39, 0.29) is 4.90 Å². The van der Waals surface area contributed by atoms with E-state index in [0.29, 0.717) is 17.1 Å². The summed E-state index contributed by atoms with van der Waals surface area (Å²) in [5, 5.41) is 0. The molecular formula is C14H15BrN2O3S. The highest BCUT2D eigenvalue weighted by atomic mass is 79.9. The van der Waals surface area contributed by atoms with Crippen molar-refractivity contribution in [2.24, 2.45) is 0 Å². The van der Waals surface area contributed by atoms with Gasteiger partial charge in [-0.3, -0.25) is 4.72 Å². The molecule has 0 aliphatic carbocycles. The molecule has 0 aromatic heterocycles. The van der Waals surface area contributed by atoms with Gasteiger partial charge in [0.25, 0.3) is 10.0 Å². The highest BCUT2D eigenvalue weighted by Gasteiger charge is 2.18. The zero-order valence-corrected chi connectivity index (χ0v) is 14.0. The fraction of sp³-hybridized carbons (Fsp3) is 0.143. The summed E-state index contributed by atoms with van der Waals surface area (Å²) in [6.45, 7) is 1.80. The van der Waals surface area contributed by atoms with Crippen molar-refractivity contribution in [2.75, 3.05) is 17.6 Å². The Hall–Kier alpha value is -1.73. The van der Waals surface area contributed by atoms with Crippen molar-refractivity contribution in [1.82, 2.24) is 0 Å². The second-order valence-electron chi connectivity index (χ2n) is 4.48. The van der Waals surface area contributed by atoms with Crippen LogP contribution < -0.4 is 15.2 Å². The van der Waals surface area contributed by atoms with Gasteiger partial charge in [-0.25, -0.2) is 8.42 Å². The molecule has 0 saturated carbocycles. The Morgan fingerprint density at radius 2 is 1.95 bits per heavy atom. The van der Waals surface area contributed by atoms with Crippen LogP contribution in [0.5, 0.6) is 5.75 Å². The molecule has 5 nitrogen and oxygen atoms in total. The third-order valence-electron chi connectivity index (χ3n) is 2.89. The topological polar surface area (TPSA) is 81.4 Å². The van der Waals surface area contributed by atoms with Gasteiger partial charge < -0.3 is 10.5 Å². The normalized spacial score (nSPS) is 11.2. The van der Waals surface area contributed by atoms with Gasteiger partial charge in [0.1, 0.15) is 5.75 Å². The van der Waals surface area contributed by atoms with E-state index >= 15 is 0 Å². The molecule has 0 amide bonds. The maximum absolute atomic E-state index is 12.4. The Kier molecular flexibility index (Phi) is 4.43. The molecule has 0 bridgehead atoms. The number of aryl methyl sites for hydroxylation is 1. The lowest BCUT2D eigenvalue weighted by Crippen LogP contribution is -2.14. The standard InChI is InChI=1S/C14H15BrN2O3S/c1-9-6-10(15)7-13(20-2)14(9)17-21(18,19)12-5-3-4-11(16)8-12/h3-8,17H,16H2,1-2H3. The molecule has 0 radical (unpaired) electrons. The molecule has 0 unspecified atom stereocenters. The number of rotatable bonds is 4. The van der Waals surface area contributed by atoms with Crippen LogP contribution in [0.15, 0.2) is 45.8 Å². The number of benzene rings is 2. The first-order chi connectivity index (χ1) is 9.83. The summed E-state index contributed by atoms with van der Waals surface area (Å²) in [4.78, 5) is 0.104. The molecule has 21 heavy (non-hydrogen) atoms. The molecular weight excluding hydrogens is 356 g/mol. The van der Waals surface area contributed by atoms with Gasteiger partial charge >= 0.3 is 0 Å². The minimum Gasteiger partial charge on any atom is -0.495 e. The zero-order chi connectivity index (χ0) is 15.6. The van der Waals surface area contributed by atoms with Crippen LogP contribution in [0.3, 0.4) is 0 Å². The SMILES string of the molecule is COc1cc(Br)cc(C)c1NS(=O)(=O)c1cccc(N)c1. The van der Waals surface area contributed by atoms with Gasteiger partial charge in [0, 0.05) is 10.2 Å². The molecule has 0 heterocycles. The first-order valence-corrected chi connectivity index (χ1v) is 8.33. The Morgan fingerprint density at radius 1 is 1.24 bits per heavy atom. The van der Waals surface area contributed by atoms with Gasteiger partial charge in [0.15, 0.2) is 0 Å². The smallest absolute Gasteiger partial charge is 0.262 e. The molecule has 2 aromatic carbocycles. The van der Waals surface area contributed by atoms with Gasteiger partial charge in [0.05, 0.1) is 17.7 Å². The van der Waals surface area contributed by atoms with E-state index in [1.165, 1.54) is 19.2 Å². The van der Waals surface area contributed by atoms with Crippen molar-refractivity contribution in [1.29, 1.82) is 0 Å². The number of ether oxygens (including phenoxy) is 1. The largest absolute Gasteiger partial charge is 0.495 e. The molecule has 3 N–H and O–H groups in total. The van der Waals surface area contributed by atoms with Crippen LogP contribution >= 0.6 is 15.9 Å². The predicted octanol–water partition coefficient (Wildman–Crippen LogP) is 3.15. The van der Waals surface area contributed by atoms with Gasteiger partial charge in [-0.05, 0) is 42.8 Å².